The molecule has 0 aliphatic heterocycles. The molecule has 0 aliphatic rings. The number of rotatable bonds is 5. The van der Waals surface area contributed by atoms with Crippen molar-refractivity contribution in [1.82, 2.24) is 0 Å². The second-order valence-electron chi connectivity index (χ2n) is 5.78. The zero-order valence-corrected chi connectivity index (χ0v) is 15.2. The highest BCUT2D eigenvalue weighted by Crippen LogP contribution is 2.18. The number of benzene rings is 3. The summed E-state index contributed by atoms with van der Waals surface area (Å²) in [7, 11) is -3.93. The van der Waals surface area contributed by atoms with Gasteiger partial charge in [0.05, 0.1) is 16.5 Å². The number of carbonyl (C=O) groups is 1. The lowest BCUT2D eigenvalue weighted by molar-refractivity contribution is 0.102. The molecule has 0 saturated heterocycles. The zero-order valence-electron chi connectivity index (χ0n) is 14.4. The summed E-state index contributed by atoms with van der Waals surface area (Å²) in [5.74, 6) is -0.956. The Morgan fingerprint density at radius 3 is 2.21 bits per heavy atom. The van der Waals surface area contributed by atoms with Gasteiger partial charge >= 0.3 is 0 Å². The molecule has 6 nitrogen and oxygen atoms in total. The second-order valence-corrected chi connectivity index (χ2v) is 7.47. The minimum atomic E-state index is -3.93. The SMILES string of the molecule is N#Cc1ccc(NS(=O)(=O)c2cccc(C(=O)Nc3ccc(F)cc3)c2)cc1. The quantitative estimate of drug-likeness (QED) is 0.687. The maximum absolute atomic E-state index is 13.0. The molecule has 0 bridgehead atoms. The van der Waals surface area contributed by atoms with Crippen LogP contribution in [-0.4, -0.2) is 14.3 Å². The lowest BCUT2D eigenvalue weighted by atomic mass is 10.2. The van der Waals surface area contributed by atoms with Gasteiger partial charge in [-0.1, -0.05) is 6.07 Å². The lowest BCUT2D eigenvalue weighted by Gasteiger charge is -2.10. The summed E-state index contributed by atoms with van der Waals surface area (Å²) in [6, 6.07) is 18.6. The molecular weight excluding hydrogens is 381 g/mol. The van der Waals surface area contributed by atoms with Crippen molar-refractivity contribution >= 4 is 27.3 Å². The Labute approximate surface area is 161 Å². The summed E-state index contributed by atoms with van der Waals surface area (Å²) in [5.41, 5.74) is 1.21. The number of anilines is 2. The van der Waals surface area contributed by atoms with E-state index in [4.69, 9.17) is 5.26 Å². The third-order valence-corrected chi connectivity index (χ3v) is 5.15. The summed E-state index contributed by atoms with van der Waals surface area (Å²) in [6.07, 6.45) is 0. The van der Waals surface area contributed by atoms with E-state index in [1.807, 2.05) is 6.07 Å². The molecule has 3 aromatic rings. The first-order valence-corrected chi connectivity index (χ1v) is 9.56. The molecule has 140 valence electrons. The Hall–Kier alpha value is -3.70. The van der Waals surface area contributed by atoms with Gasteiger partial charge in [0.2, 0.25) is 0 Å². The van der Waals surface area contributed by atoms with Crippen molar-refractivity contribution in [1.29, 1.82) is 5.26 Å². The van der Waals surface area contributed by atoms with Crippen molar-refractivity contribution in [3.8, 4) is 6.07 Å². The minimum absolute atomic E-state index is 0.0939. The largest absolute Gasteiger partial charge is 0.322 e. The molecule has 0 aromatic heterocycles. The Balaban J connectivity index is 1.79. The van der Waals surface area contributed by atoms with Crippen LogP contribution in [0.2, 0.25) is 0 Å². The van der Waals surface area contributed by atoms with Crippen LogP contribution in [0.25, 0.3) is 0 Å². The molecular formula is C20H14FN3O3S. The van der Waals surface area contributed by atoms with Crippen molar-refractivity contribution < 1.29 is 17.6 Å². The molecule has 3 rings (SSSR count). The third-order valence-electron chi connectivity index (χ3n) is 3.77. The zero-order chi connectivity index (χ0) is 20.1. The number of amides is 1. The van der Waals surface area contributed by atoms with Crippen molar-refractivity contribution in [2.24, 2.45) is 0 Å². The summed E-state index contributed by atoms with van der Waals surface area (Å²) in [5, 5.41) is 11.4. The van der Waals surface area contributed by atoms with E-state index in [1.54, 1.807) is 0 Å². The number of nitriles is 1. The van der Waals surface area contributed by atoms with Crippen LogP contribution in [0.5, 0.6) is 0 Å². The molecule has 28 heavy (non-hydrogen) atoms. The summed E-state index contributed by atoms with van der Waals surface area (Å²) in [4.78, 5) is 12.3. The fraction of sp³-hybridized carbons (Fsp3) is 0. The first-order chi connectivity index (χ1) is 13.4. The topological polar surface area (TPSA) is 99.1 Å². The fourth-order valence-electron chi connectivity index (χ4n) is 2.37. The molecule has 0 atom stereocenters. The van der Waals surface area contributed by atoms with Crippen LogP contribution in [0.3, 0.4) is 0 Å². The molecule has 0 saturated carbocycles. The van der Waals surface area contributed by atoms with Gasteiger partial charge in [-0.05, 0) is 66.7 Å². The Bertz CT molecular complexity index is 1150. The first kappa shape index (κ1) is 19.1. The number of hydrogen-bond acceptors (Lipinski definition) is 4. The Morgan fingerprint density at radius 1 is 0.929 bits per heavy atom. The standard InChI is InChI=1S/C20H14FN3O3S/c21-16-6-10-17(11-7-16)23-20(25)15-2-1-3-19(12-15)28(26,27)24-18-8-4-14(13-22)5-9-18/h1-12,24H,(H,23,25). The van der Waals surface area contributed by atoms with Gasteiger partial charge in [0, 0.05) is 16.9 Å². The average molecular weight is 395 g/mol. The predicted octanol–water partition coefficient (Wildman–Crippen LogP) is 3.75. The number of halogens is 1. The van der Waals surface area contributed by atoms with E-state index in [-0.39, 0.29) is 10.5 Å². The molecule has 0 aliphatic carbocycles. The van der Waals surface area contributed by atoms with Crippen LogP contribution in [0.15, 0.2) is 77.7 Å². The van der Waals surface area contributed by atoms with Crippen molar-refractivity contribution in [3.63, 3.8) is 0 Å². The van der Waals surface area contributed by atoms with E-state index < -0.39 is 21.7 Å². The first-order valence-electron chi connectivity index (χ1n) is 8.07. The van der Waals surface area contributed by atoms with Gasteiger partial charge in [0.15, 0.2) is 0 Å². The Morgan fingerprint density at radius 2 is 1.57 bits per heavy atom. The number of carbonyl (C=O) groups excluding carboxylic acids is 1. The van der Waals surface area contributed by atoms with Gasteiger partial charge in [-0.25, -0.2) is 12.8 Å². The van der Waals surface area contributed by atoms with E-state index in [0.717, 1.165) is 0 Å². The maximum atomic E-state index is 13.0. The van der Waals surface area contributed by atoms with Crippen LogP contribution < -0.4 is 10.0 Å². The molecule has 2 N–H and O–H groups in total. The van der Waals surface area contributed by atoms with Crippen molar-refractivity contribution in [2.75, 3.05) is 10.0 Å². The summed E-state index contributed by atoms with van der Waals surface area (Å²) >= 11 is 0. The van der Waals surface area contributed by atoms with Crippen LogP contribution in [0.1, 0.15) is 15.9 Å². The number of nitrogens with one attached hydrogen (secondary N) is 2. The fourth-order valence-corrected chi connectivity index (χ4v) is 3.47. The predicted molar refractivity (Wildman–Crippen MR) is 103 cm³/mol. The smallest absolute Gasteiger partial charge is 0.261 e. The molecule has 0 spiro atoms. The van der Waals surface area contributed by atoms with Gasteiger partial charge < -0.3 is 5.32 Å². The molecule has 0 radical (unpaired) electrons. The highest BCUT2D eigenvalue weighted by atomic mass is 32.2. The average Bonchev–Trinajstić information content (AvgIpc) is 2.70. The van der Waals surface area contributed by atoms with Gasteiger partial charge in [0.25, 0.3) is 15.9 Å². The van der Waals surface area contributed by atoms with E-state index in [9.17, 15) is 17.6 Å². The number of hydrogen-bond donors (Lipinski definition) is 2. The number of nitrogens with zero attached hydrogens (tertiary/aromatic N) is 1. The van der Waals surface area contributed by atoms with Crippen LogP contribution in [0, 0.1) is 17.1 Å². The van der Waals surface area contributed by atoms with Crippen molar-refractivity contribution in [3.05, 3.63) is 89.7 Å². The summed E-state index contributed by atoms with van der Waals surface area (Å²) in [6.45, 7) is 0. The lowest BCUT2D eigenvalue weighted by Crippen LogP contribution is -2.16. The highest BCUT2D eigenvalue weighted by Gasteiger charge is 2.17. The Kier molecular flexibility index (Phi) is 5.38. The molecule has 3 aromatic carbocycles. The van der Waals surface area contributed by atoms with Crippen molar-refractivity contribution in [2.45, 2.75) is 4.90 Å². The van der Waals surface area contributed by atoms with Gasteiger partial charge in [0.1, 0.15) is 5.82 Å². The normalized spacial score (nSPS) is 10.7. The molecule has 0 heterocycles. The van der Waals surface area contributed by atoms with E-state index >= 15 is 0 Å². The van der Waals surface area contributed by atoms with E-state index in [1.165, 1.54) is 72.8 Å². The maximum Gasteiger partial charge on any atom is 0.261 e. The molecule has 1 amide bonds. The van der Waals surface area contributed by atoms with E-state index in [0.29, 0.717) is 16.9 Å². The van der Waals surface area contributed by atoms with E-state index in [2.05, 4.69) is 10.0 Å². The van der Waals surface area contributed by atoms with Gasteiger partial charge in [-0.2, -0.15) is 5.26 Å². The minimum Gasteiger partial charge on any atom is -0.322 e. The molecule has 0 unspecified atom stereocenters. The van der Waals surface area contributed by atoms with Gasteiger partial charge in [-0.15, -0.1) is 0 Å². The third kappa shape index (κ3) is 4.52. The molecule has 0 fully saturated rings. The second kappa shape index (κ2) is 7.90. The van der Waals surface area contributed by atoms with Gasteiger partial charge in [-0.3, -0.25) is 9.52 Å². The van der Waals surface area contributed by atoms with Crippen LogP contribution in [0.4, 0.5) is 15.8 Å². The summed E-state index contributed by atoms with van der Waals surface area (Å²) < 4.78 is 40.5. The van der Waals surface area contributed by atoms with Crippen LogP contribution in [-0.2, 0) is 10.0 Å². The monoisotopic (exact) mass is 395 g/mol. The number of sulfonamides is 1. The molecule has 8 heteroatoms. The van der Waals surface area contributed by atoms with Crippen LogP contribution >= 0.6 is 0 Å². The highest BCUT2D eigenvalue weighted by molar-refractivity contribution is 7.92.